The van der Waals surface area contributed by atoms with E-state index in [1.54, 1.807) is 6.20 Å². The lowest BCUT2D eigenvalue weighted by Crippen LogP contribution is -2.24. The van der Waals surface area contributed by atoms with Crippen molar-refractivity contribution in [2.75, 3.05) is 0 Å². The summed E-state index contributed by atoms with van der Waals surface area (Å²) in [6.45, 7) is 0.488. The van der Waals surface area contributed by atoms with Gasteiger partial charge in [0.25, 0.3) is 0 Å². The van der Waals surface area contributed by atoms with Crippen molar-refractivity contribution in [2.45, 2.75) is 38.3 Å². The van der Waals surface area contributed by atoms with E-state index in [2.05, 4.69) is 4.98 Å². The smallest absolute Gasteiger partial charge is 0.414 e. The van der Waals surface area contributed by atoms with Crippen LogP contribution in [0.5, 0.6) is 5.88 Å². The molecule has 1 fully saturated rings. The number of ether oxygens (including phenoxy) is 1. The maximum absolute atomic E-state index is 11.1. The van der Waals surface area contributed by atoms with Crippen LogP contribution in [-0.4, -0.2) is 39.0 Å². The first kappa shape index (κ1) is 17.6. The number of hydrogen-bond donors (Lipinski definition) is 3. The summed E-state index contributed by atoms with van der Waals surface area (Å²) in [5.74, 6) is -2.70. The van der Waals surface area contributed by atoms with Crippen LogP contribution in [0.1, 0.15) is 31.2 Å². The predicted molar refractivity (Wildman–Crippen MR) is 75.3 cm³/mol. The zero-order valence-electron chi connectivity index (χ0n) is 11.9. The second kappa shape index (κ2) is 8.73. The second-order valence-corrected chi connectivity index (χ2v) is 4.67. The number of pyridine rings is 1. The molecule has 0 aromatic carbocycles. The monoisotopic (exact) mass is 310 g/mol. The maximum atomic E-state index is 11.1. The molecule has 0 atom stereocenters. The second-order valence-electron chi connectivity index (χ2n) is 4.67. The minimum absolute atomic E-state index is 0.123. The Bertz CT molecular complexity index is 524. The summed E-state index contributed by atoms with van der Waals surface area (Å²) in [5.41, 5.74) is 6.55. The Morgan fingerprint density at radius 2 is 1.86 bits per heavy atom. The van der Waals surface area contributed by atoms with E-state index in [9.17, 15) is 4.79 Å². The van der Waals surface area contributed by atoms with E-state index >= 15 is 0 Å². The fraction of sp³-hybridized carbons (Fsp3) is 0.429. The molecule has 0 spiro atoms. The van der Waals surface area contributed by atoms with Gasteiger partial charge < -0.3 is 20.7 Å². The van der Waals surface area contributed by atoms with Crippen LogP contribution >= 0.6 is 0 Å². The van der Waals surface area contributed by atoms with Gasteiger partial charge in [-0.2, -0.15) is 0 Å². The topological polar surface area (TPSA) is 140 Å². The molecule has 1 aliphatic carbocycles. The number of aliphatic carboxylic acids is 2. The average Bonchev–Trinajstić information content (AvgIpc) is 2.50. The minimum Gasteiger partial charge on any atom is -0.474 e. The lowest BCUT2D eigenvalue weighted by Gasteiger charge is -2.21. The highest BCUT2D eigenvalue weighted by atomic mass is 16.5. The van der Waals surface area contributed by atoms with E-state index < -0.39 is 11.9 Å². The van der Waals surface area contributed by atoms with Crippen LogP contribution in [-0.2, 0) is 20.9 Å². The molecule has 0 unspecified atom stereocenters. The summed E-state index contributed by atoms with van der Waals surface area (Å²) in [5, 5.41) is 14.8. The molecule has 2 rings (SSSR count). The number of nitrogens with two attached hydrogens (primary N) is 1. The number of nitrogens with zero attached hydrogens (tertiary/aromatic N) is 1. The Hall–Kier alpha value is -2.48. The summed E-state index contributed by atoms with van der Waals surface area (Å²) in [6.07, 6.45) is 4.67. The van der Waals surface area contributed by atoms with Gasteiger partial charge in [0, 0.05) is 31.6 Å². The highest BCUT2D eigenvalue weighted by Crippen LogP contribution is 2.20. The van der Waals surface area contributed by atoms with Gasteiger partial charge in [-0.25, -0.2) is 14.6 Å². The summed E-state index contributed by atoms with van der Waals surface area (Å²) in [4.78, 5) is 33.4. The number of carbonyl (C=O) groups is 3. The highest BCUT2D eigenvalue weighted by Gasteiger charge is 2.20. The first-order chi connectivity index (χ1) is 10.4. The van der Waals surface area contributed by atoms with Crippen LogP contribution in [0.2, 0.25) is 0 Å². The number of rotatable bonds is 3. The first-order valence-electron chi connectivity index (χ1n) is 6.72. The third-order valence-corrected chi connectivity index (χ3v) is 3.00. The molecular weight excluding hydrogens is 292 g/mol. The Balaban J connectivity index is 0.000000346. The van der Waals surface area contributed by atoms with Gasteiger partial charge in [-0.1, -0.05) is 0 Å². The SMILES string of the molecule is NCc1ccnc(OC2CCC(=O)CC2)c1.O=C(O)C(=O)O. The number of aromatic nitrogens is 1. The number of Topliss-reactive ketones (excluding diaryl/α,β-unsaturated/α-hetero) is 1. The summed E-state index contributed by atoms with van der Waals surface area (Å²) in [7, 11) is 0. The first-order valence-corrected chi connectivity index (χ1v) is 6.72. The van der Waals surface area contributed by atoms with Crippen LogP contribution in [0.3, 0.4) is 0 Å². The van der Waals surface area contributed by atoms with Crippen LogP contribution in [0.4, 0.5) is 0 Å². The Morgan fingerprint density at radius 3 is 2.36 bits per heavy atom. The van der Waals surface area contributed by atoms with E-state index in [1.807, 2.05) is 12.1 Å². The number of hydrogen-bond acceptors (Lipinski definition) is 6. The molecular formula is C14H18N2O6. The molecule has 8 heteroatoms. The molecule has 22 heavy (non-hydrogen) atoms. The Kier molecular flexibility index (Phi) is 6.97. The fourth-order valence-electron chi connectivity index (χ4n) is 1.84. The van der Waals surface area contributed by atoms with Gasteiger partial charge >= 0.3 is 11.9 Å². The lowest BCUT2D eigenvalue weighted by molar-refractivity contribution is -0.159. The zero-order valence-corrected chi connectivity index (χ0v) is 11.9. The maximum Gasteiger partial charge on any atom is 0.414 e. The van der Waals surface area contributed by atoms with E-state index in [-0.39, 0.29) is 6.10 Å². The molecule has 0 bridgehead atoms. The molecule has 120 valence electrons. The van der Waals surface area contributed by atoms with E-state index in [0.717, 1.165) is 18.4 Å². The summed E-state index contributed by atoms with van der Waals surface area (Å²) in [6, 6.07) is 3.73. The van der Waals surface area contributed by atoms with E-state index in [1.165, 1.54) is 0 Å². The Morgan fingerprint density at radius 1 is 1.27 bits per heavy atom. The number of carboxylic acids is 2. The summed E-state index contributed by atoms with van der Waals surface area (Å²) < 4.78 is 5.73. The standard InChI is InChI=1S/C12H16N2O2.C2H2O4/c13-8-9-5-6-14-12(7-9)16-11-3-1-10(15)2-4-11;3-1(4)2(5)6/h5-7,11H,1-4,8,13H2;(H,3,4)(H,5,6). The molecule has 0 saturated heterocycles. The third-order valence-electron chi connectivity index (χ3n) is 3.00. The van der Waals surface area contributed by atoms with Gasteiger partial charge in [0.05, 0.1) is 0 Å². The molecule has 0 aliphatic heterocycles. The molecule has 8 nitrogen and oxygen atoms in total. The summed E-state index contributed by atoms with van der Waals surface area (Å²) >= 11 is 0. The molecule has 1 saturated carbocycles. The molecule has 1 heterocycles. The number of ketones is 1. The normalized spacial score (nSPS) is 14.7. The van der Waals surface area contributed by atoms with Gasteiger partial charge in [-0.15, -0.1) is 0 Å². The zero-order chi connectivity index (χ0) is 16.5. The van der Waals surface area contributed by atoms with Crippen molar-refractivity contribution in [1.29, 1.82) is 0 Å². The predicted octanol–water partition coefficient (Wildman–Crippen LogP) is 0.586. The number of carboxylic acid groups (broad SMARTS) is 2. The molecule has 0 amide bonds. The number of carbonyl (C=O) groups excluding carboxylic acids is 1. The fourth-order valence-corrected chi connectivity index (χ4v) is 1.84. The van der Waals surface area contributed by atoms with E-state index in [0.29, 0.717) is 31.0 Å². The van der Waals surface area contributed by atoms with E-state index in [4.69, 9.17) is 30.3 Å². The van der Waals surface area contributed by atoms with Gasteiger partial charge in [-0.05, 0) is 24.5 Å². The van der Waals surface area contributed by atoms with Crippen molar-refractivity contribution < 1.29 is 29.3 Å². The average molecular weight is 310 g/mol. The minimum atomic E-state index is -1.82. The van der Waals surface area contributed by atoms with Crippen LogP contribution in [0.15, 0.2) is 18.3 Å². The Labute approximate surface area is 126 Å². The lowest BCUT2D eigenvalue weighted by atomic mass is 9.96. The van der Waals surface area contributed by atoms with Crippen molar-refractivity contribution in [3.8, 4) is 5.88 Å². The van der Waals surface area contributed by atoms with Crippen molar-refractivity contribution in [2.24, 2.45) is 5.73 Å². The van der Waals surface area contributed by atoms with Gasteiger partial charge in [-0.3, -0.25) is 4.79 Å². The van der Waals surface area contributed by atoms with Crippen LogP contribution < -0.4 is 10.5 Å². The van der Waals surface area contributed by atoms with Crippen LogP contribution in [0.25, 0.3) is 0 Å². The quantitative estimate of drug-likeness (QED) is 0.689. The largest absolute Gasteiger partial charge is 0.474 e. The highest BCUT2D eigenvalue weighted by molar-refractivity contribution is 6.27. The van der Waals surface area contributed by atoms with Crippen molar-refractivity contribution in [3.63, 3.8) is 0 Å². The third kappa shape index (κ3) is 6.31. The van der Waals surface area contributed by atoms with Crippen molar-refractivity contribution >= 4 is 17.7 Å². The van der Waals surface area contributed by atoms with Gasteiger partial charge in [0.2, 0.25) is 5.88 Å². The molecule has 4 N–H and O–H groups in total. The van der Waals surface area contributed by atoms with Crippen LogP contribution in [0, 0.1) is 0 Å². The molecule has 1 aliphatic rings. The van der Waals surface area contributed by atoms with Crippen molar-refractivity contribution in [1.82, 2.24) is 4.98 Å². The van der Waals surface area contributed by atoms with Crippen molar-refractivity contribution in [3.05, 3.63) is 23.9 Å². The molecule has 0 radical (unpaired) electrons. The van der Waals surface area contributed by atoms with Gasteiger partial charge in [0.1, 0.15) is 11.9 Å². The van der Waals surface area contributed by atoms with Gasteiger partial charge in [0.15, 0.2) is 0 Å². The molecule has 1 aromatic heterocycles. The molecule has 1 aromatic rings.